The molecule has 1 aliphatic rings. The maximum atomic E-state index is 13.1. The van der Waals surface area contributed by atoms with Gasteiger partial charge in [0.1, 0.15) is 11.6 Å². The lowest BCUT2D eigenvalue weighted by Gasteiger charge is -2.04. The highest BCUT2D eigenvalue weighted by molar-refractivity contribution is 5.75. The number of aromatic amines is 1. The average molecular weight is 248 g/mol. The summed E-state index contributed by atoms with van der Waals surface area (Å²) in [5, 5.41) is 8.97. The molecule has 1 saturated carbocycles. The van der Waals surface area contributed by atoms with Gasteiger partial charge in [0.15, 0.2) is 0 Å². The first kappa shape index (κ1) is 11.2. The van der Waals surface area contributed by atoms with E-state index in [1.54, 1.807) is 6.07 Å². The normalized spacial score (nSPS) is 23.6. The second-order valence-corrected chi connectivity index (χ2v) is 4.83. The minimum atomic E-state index is -0.736. The first-order valence-electron chi connectivity index (χ1n) is 6.01. The van der Waals surface area contributed by atoms with Gasteiger partial charge in [-0.05, 0) is 37.5 Å². The Labute approximate surface area is 103 Å². The Balaban J connectivity index is 1.89. The van der Waals surface area contributed by atoms with Crippen molar-refractivity contribution in [3.05, 3.63) is 29.8 Å². The SMILES string of the molecule is O=C(O)C1CCC(c2nc3ccc(F)cc3[nH]2)C1. The average Bonchev–Trinajstić information content (AvgIpc) is 2.93. The van der Waals surface area contributed by atoms with Gasteiger partial charge in [0, 0.05) is 5.92 Å². The van der Waals surface area contributed by atoms with Gasteiger partial charge in [-0.2, -0.15) is 0 Å². The smallest absolute Gasteiger partial charge is 0.306 e. The number of hydrogen-bond donors (Lipinski definition) is 2. The zero-order valence-corrected chi connectivity index (χ0v) is 9.69. The lowest BCUT2D eigenvalue weighted by atomic mass is 10.0. The van der Waals surface area contributed by atoms with Crippen LogP contribution >= 0.6 is 0 Å². The van der Waals surface area contributed by atoms with E-state index in [1.807, 2.05) is 0 Å². The zero-order chi connectivity index (χ0) is 12.7. The Hall–Kier alpha value is -1.91. The van der Waals surface area contributed by atoms with Crippen molar-refractivity contribution in [1.29, 1.82) is 0 Å². The molecule has 2 N–H and O–H groups in total. The highest BCUT2D eigenvalue weighted by atomic mass is 19.1. The molecule has 1 heterocycles. The summed E-state index contributed by atoms with van der Waals surface area (Å²) in [7, 11) is 0. The monoisotopic (exact) mass is 248 g/mol. The van der Waals surface area contributed by atoms with Gasteiger partial charge >= 0.3 is 5.97 Å². The molecular weight excluding hydrogens is 235 g/mol. The van der Waals surface area contributed by atoms with Crippen LogP contribution in [0.5, 0.6) is 0 Å². The van der Waals surface area contributed by atoms with Gasteiger partial charge < -0.3 is 10.1 Å². The minimum absolute atomic E-state index is 0.140. The summed E-state index contributed by atoms with van der Waals surface area (Å²) in [6, 6.07) is 4.42. The molecule has 18 heavy (non-hydrogen) atoms. The minimum Gasteiger partial charge on any atom is -0.481 e. The number of nitrogens with zero attached hydrogens (tertiary/aromatic N) is 1. The van der Waals surface area contributed by atoms with Crippen LogP contribution in [-0.2, 0) is 4.79 Å². The van der Waals surface area contributed by atoms with Crippen molar-refractivity contribution in [2.75, 3.05) is 0 Å². The Kier molecular flexibility index (Phi) is 2.54. The number of fused-ring (bicyclic) bond motifs is 1. The number of rotatable bonds is 2. The molecule has 1 aliphatic carbocycles. The lowest BCUT2D eigenvalue weighted by Crippen LogP contribution is -2.09. The number of carbonyl (C=O) groups is 1. The number of aromatic nitrogens is 2. The molecule has 2 unspecified atom stereocenters. The molecule has 1 aromatic heterocycles. The molecule has 0 bridgehead atoms. The highest BCUT2D eigenvalue weighted by Gasteiger charge is 2.32. The fraction of sp³-hybridized carbons (Fsp3) is 0.385. The Morgan fingerprint density at radius 1 is 1.44 bits per heavy atom. The summed E-state index contributed by atoms with van der Waals surface area (Å²) in [6.07, 6.45) is 2.11. The van der Waals surface area contributed by atoms with E-state index in [1.165, 1.54) is 12.1 Å². The second kappa shape index (κ2) is 4.08. The first-order valence-corrected chi connectivity index (χ1v) is 6.01. The number of halogens is 1. The van der Waals surface area contributed by atoms with Crippen molar-refractivity contribution in [2.24, 2.45) is 5.92 Å². The number of carboxylic acid groups (broad SMARTS) is 1. The van der Waals surface area contributed by atoms with E-state index in [-0.39, 0.29) is 17.7 Å². The fourth-order valence-corrected chi connectivity index (χ4v) is 2.65. The Morgan fingerprint density at radius 3 is 3.00 bits per heavy atom. The Bertz CT molecular complexity index is 608. The van der Waals surface area contributed by atoms with E-state index >= 15 is 0 Å². The summed E-state index contributed by atoms with van der Waals surface area (Å²) in [4.78, 5) is 18.4. The quantitative estimate of drug-likeness (QED) is 0.858. The molecular formula is C13H13FN2O2. The third kappa shape index (κ3) is 1.85. The van der Waals surface area contributed by atoms with E-state index in [9.17, 15) is 9.18 Å². The molecule has 1 fully saturated rings. The van der Waals surface area contributed by atoms with Gasteiger partial charge in [-0.3, -0.25) is 4.79 Å². The molecule has 4 nitrogen and oxygen atoms in total. The zero-order valence-electron chi connectivity index (χ0n) is 9.69. The maximum Gasteiger partial charge on any atom is 0.306 e. The molecule has 2 aromatic rings. The van der Waals surface area contributed by atoms with Crippen LogP contribution < -0.4 is 0 Å². The largest absolute Gasteiger partial charge is 0.481 e. The summed E-state index contributed by atoms with van der Waals surface area (Å²) < 4.78 is 13.1. The number of hydrogen-bond acceptors (Lipinski definition) is 2. The highest BCUT2D eigenvalue weighted by Crippen LogP contribution is 2.37. The lowest BCUT2D eigenvalue weighted by molar-refractivity contribution is -0.141. The van der Waals surface area contributed by atoms with Crippen LogP contribution in [0.25, 0.3) is 11.0 Å². The summed E-state index contributed by atoms with van der Waals surface area (Å²) in [5.74, 6) is -0.395. The van der Waals surface area contributed by atoms with Crippen LogP contribution in [0.3, 0.4) is 0 Å². The van der Waals surface area contributed by atoms with Crippen molar-refractivity contribution in [2.45, 2.75) is 25.2 Å². The number of aliphatic carboxylic acids is 1. The fourth-order valence-electron chi connectivity index (χ4n) is 2.65. The molecule has 0 amide bonds. The Morgan fingerprint density at radius 2 is 2.28 bits per heavy atom. The molecule has 0 spiro atoms. The summed E-state index contributed by atoms with van der Waals surface area (Å²) in [6.45, 7) is 0. The van der Waals surface area contributed by atoms with Crippen LogP contribution in [0.2, 0.25) is 0 Å². The first-order chi connectivity index (χ1) is 8.63. The third-order valence-electron chi connectivity index (χ3n) is 3.63. The van der Waals surface area contributed by atoms with E-state index in [4.69, 9.17) is 5.11 Å². The molecule has 0 aliphatic heterocycles. The predicted octanol–water partition coefficient (Wildman–Crippen LogP) is 2.67. The summed E-state index contributed by atoms with van der Waals surface area (Å²) in [5.41, 5.74) is 1.40. The molecule has 0 radical (unpaired) electrons. The third-order valence-corrected chi connectivity index (χ3v) is 3.63. The van der Waals surface area contributed by atoms with Crippen molar-refractivity contribution < 1.29 is 14.3 Å². The van der Waals surface area contributed by atoms with Crippen molar-refractivity contribution in [3.8, 4) is 0 Å². The second-order valence-electron chi connectivity index (χ2n) is 4.83. The predicted molar refractivity (Wildman–Crippen MR) is 63.8 cm³/mol. The summed E-state index contributed by atoms with van der Waals surface area (Å²) >= 11 is 0. The van der Waals surface area contributed by atoms with Crippen LogP contribution in [0.1, 0.15) is 31.0 Å². The van der Waals surface area contributed by atoms with E-state index in [0.717, 1.165) is 17.8 Å². The van der Waals surface area contributed by atoms with Gasteiger partial charge in [0.2, 0.25) is 0 Å². The van der Waals surface area contributed by atoms with Gasteiger partial charge in [-0.15, -0.1) is 0 Å². The topological polar surface area (TPSA) is 66.0 Å². The van der Waals surface area contributed by atoms with Gasteiger partial charge in [-0.1, -0.05) is 0 Å². The number of H-pyrrole nitrogens is 1. The molecule has 2 atom stereocenters. The molecule has 1 aromatic carbocycles. The number of imidazole rings is 1. The van der Waals surface area contributed by atoms with Gasteiger partial charge in [-0.25, -0.2) is 9.37 Å². The van der Waals surface area contributed by atoms with E-state index in [0.29, 0.717) is 18.4 Å². The number of nitrogens with one attached hydrogen (secondary N) is 1. The maximum absolute atomic E-state index is 13.1. The van der Waals surface area contributed by atoms with Crippen molar-refractivity contribution in [1.82, 2.24) is 9.97 Å². The van der Waals surface area contributed by atoms with Crippen molar-refractivity contribution in [3.63, 3.8) is 0 Å². The van der Waals surface area contributed by atoms with Crippen LogP contribution in [0.15, 0.2) is 18.2 Å². The van der Waals surface area contributed by atoms with Crippen LogP contribution in [-0.4, -0.2) is 21.0 Å². The molecule has 94 valence electrons. The number of benzene rings is 1. The van der Waals surface area contributed by atoms with E-state index < -0.39 is 5.97 Å². The van der Waals surface area contributed by atoms with Crippen LogP contribution in [0.4, 0.5) is 4.39 Å². The molecule has 3 rings (SSSR count). The van der Waals surface area contributed by atoms with E-state index in [2.05, 4.69) is 9.97 Å². The van der Waals surface area contributed by atoms with Crippen LogP contribution in [0, 0.1) is 11.7 Å². The molecule has 5 heteroatoms. The standard InChI is InChI=1S/C13H13FN2O2/c14-9-3-4-10-11(6-9)16-12(15-10)7-1-2-8(5-7)13(17)18/h3-4,6-8H,1-2,5H2,(H,15,16)(H,17,18). The van der Waals surface area contributed by atoms with Gasteiger partial charge in [0.05, 0.1) is 17.0 Å². The number of carboxylic acids is 1. The van der Waals surface area contributed by atoms with Gasteiger partial charge in [0.25, 0.3) is 0 Å². The van der Waals surface area contributed by atoms with Crippen molar-refractivity contribution >= 4 is 17.0 Å². The molecule has 0 saturated heterocycles.